The Hall–Kier alpha value is -1.86. The summed E-state index contributed by atoms with van der Waals surface area (Å²) in [5.41, 5.74) is 5.62. The van der Waals surface area contributed by atoms with Crippen molar-refractivity contribution < 1.29 is 4.79 Å². The smallest absolute Gasteiger partial charge is 0.243 e. The number of carbonyl (C=O) groups excluding carboxylic acids is 1. The van der Waals surface area contributed by atoms with Crippen molar-refractivity contribution in [1.82, 2.24) is 20.5 Å². The summed E-state index contributed by atoms with van der Waals surface area (Å²) in [6, 6.07) is 9.62. The lowest BCUT2D eigenvalue weighted by Crippen LogP contribution is -2.56. The number of benzene rings is 1. The average Bonchev–Trinajstić information content (AvgIpc) is 2.97. The highest BCUT2D eigenvalue weighted by Gasteiger charge is 2.39. The van der Waals surface area contributed by atoms with Crippen LogP contribution in [0.1, 0.15) is 19.4 Å². The predicted molar refractivity (Wildman–Crippen MR) is 82.7 cm³/mol. The molecule has 112 valence electrons. The van der Waals surface area contributed by atoms with Crippen LogP contribution >= 0.6 is 11.8 Å². The number of primary amides is 1. The molecule has 7 heteroatoms. The van der Waals surface area contributed by atoms with Gasteiger partial charge in [-0.05, 0) is 19.4 Å². The van der Waals surface area contributed by atoms with Crippen molar-refractivity contribution in [2.75, 3.05) is 5.75 Å². The van der Waals surface area contributed by atoms with Crippen LogP contribution in [-0.4, -0.2) is 32.9 Å². The van der Waals surface area contributed by atoms with Crippen molar-refractivity contribution >= 4 is 17.7 Å². The quantitative estimate of drug-likeness (QED) is 0.670. The largest absolute Gasteiger partial charge is 0.368 e. The Morgan fingerprint density at radius 3 is 2.67 bits per heavy atom. The highest BCUT2D eigenvalue weighted by molar-refractivity contribution is 7.99. The summed E-state index contributed by atoms with van der Waals surface area (Å²) in [6.07, 6.45) is 1.44. The van der Waals surface area contributed by atoms with E-state index in [1.807, 2.05) is 44.2 Å². The number of rotatable bonds is 7. The summed E-state index contributed by atoms with van der Waals surface area (Å²) < 4.78 is 0. The minimum atomic E-state index is -0.952. The van der Waals surface area contributed by atoms with Crippen molar-refractivity contribution in [1.29, 1.82) is 0 Å². The summed E-state index contributed by atoms with van der Waals surface area (Å²) in [5, 5.41) is 10.6. The molecule has 0 saturated heterocycles. The van der Waals surface area contributed by atoms with Crippen LogP contribution in [0.25, 0.3) is 0 Å². The number of amides is 1. The van der Waals surface area contributed by atoms with Crippen molar-refractivity contribution in [2.45, 2.75) is 30.6 Å². The van der Waals surface area contributed by atoms with Gasteiger partial charge in [-0.25, -0.2) is 4.98 Å². The molecule has 1 atom stereocenters. The molecule has 21 heavy (non-hydrogen) atoms. The first-order chi connectivity index (χ1) is 10.0. The Balaban J connectivity index is 2.33. The molecule has 0 aliphatic rings. The number of aromatic amines is 1. The lowest BCUT2D eigenvalue weighted by atomic mass is 9.90. The van der Waals surface area contributed by atoms with Gasteiger partial charge in [0.1, 0.15) is 11.9 Å². The van der Waals surface area contributed by atoms with E-state index >= 15 is 0 Å². The third-order valence-corrected chi connectivity index (χ3v) is 4.09. The molecule has 0 spiro atoms. The summed E-state index contributed by atoms with van der Waals surface area (Å²) >= 11 is 1.41. The maximum absolute atomic E-state index is 12.2. The summed E-state index contributed by atoms with van der Waals surface area (Å²) in [4.78, 5) is 16.3. The molecule has 0 radical (unpaired) electrons. The van der Waals surface area contributed by atoms with Gasteiger partial charge in [0.2, 0.25) is 5.91 Å². The summed E-state index contributed by atoms with van der Waals surface area (Å²) in [6.45, 7) is 3.97. The van der Waals surface area contributed by atoms with Crippen LogP contribution in [-0.2, 0) is 10.3 Å². The molecule has 4 N–H and O–H groups in total. The number of nitrogens with one attached hydrogen (secondary N) is 2. The molecular formula is C14H19N5OS. The number of nitrogens with zero attached hydrogens (tertiary/aromatic N) is 2. The molecule has 1 amide bonds. The van der Waals surface area contributed by atoms with Crippen LogP contribution < -0.4 is 11.1 Å². The summed E-state index contributed by atoms with van der Waals surface area (Å²) in [7, 11) is 0. The Morgan fingerprint density at radius 1 is 1.43 bits per heavy atom. The molecule has 0 bridgehead atoms. The second-order valence-electron chi connectivity index (χ2n) is 5.01. The van der Waals surface area contributed by atoms with E-state index in [0.29, 0.717) is 10.9 Å². The number of H-pyrrole nitrogens is 1. The van der Waals surface area contributed by atoms with E-state index in [9.17, 15) is 4.79 Å². The Bertz CT molecular complexity index is 572. The van der Waals surface area contributed by atoms with E-state index < -0.39 is 11.4 Å². The zero-order valence-electron chi connectivity index (χ0n) is 12.0. The van der Waals surface area contributed by atoms with E-state index in [0.717, 1.165) is 5.56 Å². The van der Waals surface area contributed by atoms with Gasteiger partial charge in [-0.2, -0.15) is 5.10 Å². The lowest BCUT2D eigenvalue weighted by Gasteiger charge is -2.33. The number of hydrogen-bond donors (Lipinski definition) is 3. The van der Waals surface area contributed by atoms with Crippen LogP contribution in [0.2, 0.25) is 0 Å². The van der Waals surface area contributed by atoms with Crippen LogP contribution in [0.15, 0.2) is 41.8 Å². The molecule has 1 aromatic heterocycles. The molecule has 0 aliphatic carbocycles. The SMILES string of the molecule is CC(C)NC(CSc1ncn[nH]1)(C(N)=O)c1ccccc1. The zero-order valence-corrected chi connectivity index (χ0v) is 12.9. The Labute approximate surface area is 127 Å². The standard InChI is InChI=1S/C14H19N5OS/c1-10(2)18-14(12(15)20,11-6-4-3-5-7-11)8-21-13-16-9-17-19-13/h3-7,9-10,18H,8H2,1-2H3,(H2,15,20)(H,16,17,19). The molecule has 1 aromatic carbocycles. The van der Waals surface area contributed by atoms with Crippen molar-refractivity contribution in [3.8, 4) is 0 Å². The lowest BCUT2D eigenvalue weighted by molar-refractivity contribution is -0.124. The third kappa shape index (κ3) is 3.62. The molecule has 2 rings (SSSR count). The van der Waals surface area contributed by atoms with Gasteiger partial charge < -0.3 is 5.73 Å². The third-order valence-electron chi connectivity index (χ3n) is 3.04. The molecule has 0 aliphatic heterocycles. The number of thioether (sulfide) groups is 1. The fourth-order valence-corrected chi connectivity index (χ4v) is 3.13. The highest BCUT2D eigenvalue weighted by atomic mass is 32.2. The topological polar surface area (TPSA) is 96.7 Å². The minimum absolute atomic E-state index is 0.105. The average molecular weight is 305 g/mol. The fourth-order valence-electron chi connectivity index (χ4n) is 2.15. The molecular weight excluding hydrogens is 286 g/mol. The molecule has 1 unspecified atom stereocenters. The molecule has 0 saturated carbocycles. The monoisotopic (exact) mass is 305 g/mol. The molecule has 2 aromatic rings. The van der Waals surface area contributed by atoms with E-state index in [1.54, 1.807) is 0 Å². The van der Waals surface area contributed by atoms with Gasteiger partial charge in [0.15, 0.2) is 5.16 Å². The van der Waals surface area contributed by atoms with Crippen molar-refractivity contribution in [3.05, 3.63) is 42.2 Å². The van der Waals surface area contributed by atoms with Crippen LogP contribution in [0, 0.1) is 0 Å². The van der Waals surface area contributed by atoms with Crippen molar-refractivity contribution in [2.24, 2.45) is 5.73 Å². The number of aromatic nitrogens is 3. The van der Waals surface area contributed by atoms with Crippen LogP contribution in [0.5, 0.6) is 0 Å². The van der Waals surface area contributed by atoms with Gasteiger partial charge in [0, 0.05) is 11.8 Å². The van der Waals surface area contributed by atoms with E-state index in [2.05, 4.69) is 20.5 Å². The maximum atomic E-state index is 12.2. The first-order valence-electron chi connectivity index (χ1n) is 6.66. The van der Waals surface area contributed by atoms with E-state index in [-0.39, 0.29) is 6.04 Å². The van der Waals surface area contributed by atoms with E-state index in [4.69, 9.17) is 5.73 Å². The van der Waals surface area contributed by atoms with Crippen molar-refractivity contribution in [3.63, 3.8) is 0 Å². The normalized spacial score (nSPS) is 14.0. The number of hydrogen-bond acceptors (Lipinski definition) is 5. The van der Waals surface area contributed by atoms with Gasteiger partial charge in [-0.3, -0.25) is 15.2 Å². The zero-order chi connectivity index (χ0) is 15.3. The second kappa shape index (κ2) is 6.73. The predicted octanol–water partition coefficient (Wildman–Crippen LogP) is 1.28. The molecule has 1 heterocycles. The van der Waals surface area contributed by atoms with Gasteiger partial charge in [-0.15, -0.1) is 0 Å². The molecule has 6 nitrogen and oxygen atoms in total. The van der Waals surface area contributed by atoms with Gasteiger partial charge in [0.25, 0.3) is 0 Å². The van der Waals surface area contributed by atoms with Gasteiger partial charge in [0.05, 0.1) is 0 Å². The van der Waals surface area contributed by atoms with Gasteiger partial charge >= 0.3 is 0 Å². The van der Waals surface area contributed by atoms with Crippen LogP contribution in [0.3, 0.4) is 0 Å². The second-order valence-corrected chi connectivity index (χ2v) is 5.98. The molecule has 0 fully saturated rings. The van der Waals surface area contributed by atoms with Crippen LogP contribution in [0.4, 0.5) is 0 Å². The summed E-state index contributed by atoms with van der Waals surface area (Å²) in [5.74, 6) is 0.0223. The Kier molecular flexibility index (Phi) is 4.98. The van der Waals surface area contributed by atoms with E-state index in [1.165, 1.54) is 18.1 Å². The first-order valence-corrected chi connectivity index (χ1v) is 7.64. The number of carbonyl (C=O) groups is 1. The fraction of sp³-hybridized carbons (Fsp3) is 0.357. The first kappa shape index (κ1) is 15.5. The highest BCUT2D eigenvalue weighted by Crippen LogP contribution is 2.28. The maximum Gasteiger partial charge on any atom is 0.243 e. The minimum Gasteiger partial charge on any atom is -0.368 e. The van der Waals surface area contributed by atoms with Gasteiger partial charge in [-0.1, -0.05) is 42.1 Å². The Morgan fingerprint density at radius 2 is 2.14 bits per heavy atom. The number of nitrogens with two attached hydrogens (primary N) is 1.